The van der Waals surface area contributed by atoms with E-state index in [1.54, 1.807) is 24.3 Å². The minimum absolute atomic E-state index is 0.197. The predicted octanol–water partition coefficient (Wildman–Crippen LogP) is 1.77. The van der Waals surface area contributed by atoms with Crippen molar-refractivity contribution in [3.8, 4) is 5.88 Å². The zero-order valence-corrected chi connectivity index (χ0v) is 13.0. The number of benzene rings is 1. The largest absolute Gasteiger partial charge is 0.481 e. The molecule has 1 aromatic heterocycles. The van der Waals surface area contributed by atoms with Crippen molar-refractivity contribution < 1.29 is 18.7 Å². The van der Waals surface area contributed by atoms with Gasteiger partial charge in [-0.05, 0) is 23.8 Å². The number of pyridine rings is 1. The first kappa shape index (κ1) is 15.9. The monoisotopic (exact) mass is 329 g/mol. The van der Waals surface area contributed by atoms with E-state index in [4.69, 9.17) is 4.74 Å². The number of carbonyl (C=O) groups is 2. The molecule has 0 aliphatic carbocycles. The number of ether oxygens (including phenoxy) is 1. The highest BCUT2D eigenvalue weighted by molar-refractivity contribution is 6.13. The fraction of sp³-hybridized carbons (Fsp3) is 0.235. The first-order valence-corrected chi connectivity index (χ1v) is 7.44. The van der Waals surface area contributed by atoms with Crippen LogP contribution in [0.25, 0.3) is 0 Å². The van der Waals surface area contributed by atoms with Gasteiger partial charge in [0.1, 0.15) is 17.4 Å². The van der Waals surface area contributed by atoms with Gasteiger partial charge in [0.15, 0.2) is 5.78 Å². The van der Waals surface area contributed by atoms with Gasteiger partial charge in [0.05, 0.1) is 12.8 Å². The Morgan fingerprint density at radius 3 is 2.79 bits per heavy atom. The van der Waals surface area contributed by atoms with Gasteiger partial charge in [-0.1, -0.05) is 12.1 Å². The minimum atomic E-state index is -0.863. The molecule has 24 heavy (non-hydrogen) atoms. The van der Waals surface area contributed by atoms with E-state index in [9.17, 15) is 14.0 Å². The third-order valence-corrected chi connectivity index (χ3v) is 3.82. The molecule has 1 aliphatic heterocycles. The van der Waals surface area contributed by atoms with Crippen LogP contribution in [-0.2, 0) is 11.3 Å². The van der Waals surface area contributed by atoms with E-state index in [1.807, 2.05) is 0 Å². The van der Waals surface area contributed by atoms with E-state index in [2.05, 4.69) is 15.6 Å². The Balaban J connectivity index is 1.69. The highest BCUT2D eigenvalue weighted by Crippen LogP contribution is 2.25. The van der Waals surface area contributed by atoms with Crippen LogP contribution in [0.3, 0.4) is 0 Å². The van der Waals surface area contributed by atoms with Gasteiger partial charge >= 0.3 is 0 Å². The van der Waals surface area contributed by atoms with Gasteiger partial charge in [-0.15, -0.1) is 0 Å². The molecular weight excluding hydrogens is 313 g/mol. The summed E-state index contributed by atoms with van der Waals surface area (Å²) in [4.78, 5) is 28.9. The van der Waals surface area contributed by atoms with Gasteiger partial charge in [-0.2, -0.15) is 0 Å². The number of nitrogens with zero attached hydrogens (tertiary/aromatic N) is 1. The van der Waals surface area contributed by atoms with Crippen molar-refractivity contribution in [3.63, 3.8) is 0 Å². The number of hydrogen-bond acceptors (Lipinski definition) is 5. The minimum Gasteiger partial charge on any atom is -0.481 e. The molecule has 0 spiro atoms. The van der Waals surface area contributed by atoms with Crippen LogP contribution >= 0.6 is 0 Å². The normalized spacial score (nSPS) is 16.1. The maximum absolute atomic E-state index is 12.9. The summed E-state index contributed by atoms with van der Waals surface area (Å²) in [5.74, 6) is -1.63. The maximum Gasteiger partial charge on any atom is 0.233 e. The van der Waals surface area contributed by atoms with Crippen LogP contribution in [0.5, 0.6) is 5.88 Å². The van der Waals surface area contributed by atoms with E-state index in [0.29, 0.717) is 11.6 Å². The maximum atomic E-state index is 12.9. The Labute approximate surface area is 138 Å². The van der Waals surface area contributed by atoms with Crippen LogP contribution in [0.1, 0.15) is 16.1 Å². The number of methoxy groups -OCH3 is 1. The number of Topliss-reactive ketones (excluding diaryl/α,β-unsaturated/α-hetero) is 1. The summed E-state index contributed by atoms with van der Waals surface area (Å²) in [6, 6.07) is 9.15. The molecule has 2 aromatic rings. The van der Waals surface area contributed by atoms with Gasteiger partial charge in [0.2, 0.25) is 11.8 Å². The second-order valence-electron chi connectivity index (χ2n) is 5.39. The molecule has 2 heterocycles. The average Bonchev–Trinajstić information content (AvgIpc) is 2.61. The zero-order chi connectivity index (χ0) is 17.1. The Kier molecular flexibility index (Phi) is 4.41. The molecule has 0 bridgehead atoms. The van der Waals surface area contributed by atoms with Crippen molar-refractivity contribution >= 4 is 17.4 Å². The topological polar surface area (TPSA) is 80.3 Å². The summed E-state index contributed by atoms with van der Waals surface area (Å²) in [5.41, 5.74) is 1.53. The summed E-state index contributed by atoms with van der Waals surface area (Å²) in [6.45, 7) is 0.427. The Morgan fingerprint density at radius 1 is 1.33 bits per heavy atom. The lowest BCUT2D eigenvalue weighted by molar-refractivity contribution is -0.123. The summed E-state index contributed by atoms with van der Waals surface area (Å²) in [6.07, 6.45) is 0. The second kappa shape index (κ2) is 6.66. The lowest BCUT2D eigenvalue weighted by atomic mass is 9.95. The number of hydrogen-bond donors (Lipinski definition) is 2. The first-order chi connectivity index (χ1) is 11.6. The number of anilines is 1. The molecule has 1 unspecified atom stereocenters. The van der Waals surface area contributed by atoms with Gasteiger partial charge in [-0.3, -0.25) is 9.59 Å². The van der Waals surface area contributed by atoms with Crippen molar-refractivity contribution in [2.45, 2.75) is 6.54 Å². The molecule has 2 N–H and O–H groups in total. The number of fused-ring (bicyclic) bond motifs is 1. The van der Waals surface area contributed by atoms with Gasteiger partial charge in [0, 0.05) is 19.2 Å². The van der Waals surface area contributed by atoms with Crippen LogP contribution in [0.2, 0.25) is 0 Å². The van der Waals surface area contributed by atoms with Crippen LogP contribution in [0.4, 0.5) is 10.1 Å². The fourth-order valence-corrected chi connectivity index (χ4v) is 2.48. The number of halogens is 1. The fourth-order valence-electron chi connectivity index (χ4n) is 2.48. The molecule has 1 aromatic carbocycles. The molecule has 0 saturated carbocycles. The van der Waals surface area contributed by atoms with E-state index < -0.39 is 11.8 Å². The van der Waals surface area contributed by atoms with Crippen LogP contribution in [-0.4, -0.2) is 30.3 Å². The van der Waals surface area contributed by atoms with Crippen LogP contribution in [0.15, 0.2) is 36.4 Å². The average molecular weight is 329 g/mol. The molecule has 0 radical (unpaired) electrons. The molecule has 0 fully saturated rings. The lowest BCUT2D eigenvalue weighted by Gasteiger charge is -2.23. The predicted molar refractivity (Wildman–Crippen MR) is 85.3 cm³/mol. The van der Waals surface area contributed by atoms with Crippen molar-refractivity contribution in [1.82, 2.24) is 10.3 Å². The van der Waals surface area contributed by atoms with Crippen molar-refractivity contribution in [2.75, 3.05) is 19.0 Å². The summed E-state index contributed by atoms with van der Waals surface area (Å²) in [5, 5.41) is 5.73. The zero-order valence-electron chi connectivity index (χ0n) is 13.0. The molecule has 7 heteroatoms. The van der Waals surface area contributed by atoms with E-state index in [0.717, 1.165) is 5.56 Å². The molecule has 1 atom stereocenters. The smallest absolute Gasteiger partial charge is 0.233 e. The van der Waals surface area contributed by atoms with E-state index in [1.165, 1.54) is 19.2 Å². The van der Waals surface area contributed by atoms with Gasteiger partial charge < -0.3 is 15.4 Å². The molecular formula is C17H16FN3O3. The number of rotatable bonds is 4. The number of nitrogens with one attached hydrogen (secondary N) is 2. The SMILES string of the molecule is COc1ccc2c(n1)C(=O)C(C(=O)NCc1ccc(F)cc1)CN2. The number of carbonyl (C=O) groups excluding carboxylic acids is 2. The molecule has 1 amide bonds. The Hall–Kier alpha value is -2.96. The second-order valence-corrected chi connectivity index (χ2v) is 5.39. The highest BCUT2D eigenvalue weighted by atomic mass is 19.1. The molecule has 3 rings (SSSR count). The summed E-state index contributed by atoms with van der Waals surface area (Å²) >= 11 is 0. The number of amides is 1. The summed E-state index contributed by atoms with van der Waals surface area (Å²) in [7, 11) is 1.46. The Bertz CT molecular complexity index is 777. The lowest BCUT2D eigenvalue weighted by Crippen LogP contribution is -2.42. The number of ketones is 1. The summed E-state index contributed by atoms with van der Waals surface area (Å²) < 4.78 is 17.9. The van der Waals surface area contributed by atoms with Gasteiger partial charge in [-0.25, -0.2) is 9.37 Å². The molecule has 0 saturated heterocycles. The third-order valence-electron chi connectivity index (χ3n) is 3.82. The van der Waals surface area contributed by atoms with Crippen molar-refractivity contribution in [1.29, 1.82) is 0 Å². The van der Waals surface area contributed by atoms with Crippen LogP contribution < -0.4 is 15.4 Å². The highest BCUT2D eigenvalue weighted by Gasteiger charge is 2.34. The molecule has 124 valence electrons. The van der Waals surface area contributed by atoms with Crippen molar-refractivity contribution in [3.05, 3.63) is 53.5 Å². The standard InChI is InChI=1S/C17H16FN3O3/c1-24-14-7-6-13-15(21-14)16(22)12(9-19-13)17(23)20-8-10-2-4-11(18)5-3-10/h2-7,12,19H,8-9H2,1H3,(H,20,23). The number of aromatic nitrogens is 1. The third kappa shape index (κ3) is 3.19. The molecule has 6 nitrogen and oxygen atoms in total. The first-order valence-electron chi connectivity index (χ1n) is 7.44. The quantitative estimate of drug-likeness (QED) is 0.836. The van der Waals surface area contributed by atoms with E-state index >= 15 is 0 Å². The molecule has 1 aliphatic rings. The van der Waals surface area contributed by atoms with Crippen LogP contribution in [0, 0.1) is 11.7 Å². The van der Waals surface area contributed by atoms with E-state index in [-0.39, 0.29) is 30.4 Å². The van der Waals surface area contributed by atoms with Gasteiger partial charge in [0.25, 0.3) is 0 Å². The van der Waals surface area contributed by atoms with Crippen molar-refractivity contribution in [2.24, 2.45) is 5.92 Å². The Morgan fingerprint density at radius 2 is 2.08 bits per heavy atom.